The lowest BCUT2D eigenvalue weighted by Gasteiger charge is -2.12. The standard InChI is InChI=1S/C11H18N4O/c1-9(16)5-13-11-3-2-10(4-11)6-15-8-12-7-14-15/h7-8,10-11,13H,2-6H2,1H3/t10-,11+/m0/s1. The van der Waals surface area contributed by atoms with Gasteiger partial charge < -0.3 is 5.32 Å². The first-order valence-corrected chi connectivity index (χ1v) is 5.79. The zero-order chi connectivity index (χ0) is 11.4. The third-order valence-corrected chi connectivity index (χ3v) is 3.09. The van der Waals surface area contributed by atoms with Gasteiger partial charge in [-0.15, -0.1) is 0 Å². The number of carbonyl (C=O) groups is 1. The van der Waals surface area contributed by atoms with Crippen LogP contribution in [0, 0.1) is 5.92 Å². The van der Waals surface area contributed by atoms with Crippen molar-refractivity contribution in [2.75, 3.05) is 6.54 Å². The Labute approximate surface area is 95.2 Å². The molecule has 0 radical (unpaired) electrons. The Balaban J connectivity index is 1.73. The zero-order valence-corrected chi connectivity index (χ0v) is 9.59. The van der Waals surface area contributed by atoms with Crippen molar-refractivity contribution in [2.24, 2.45) is 5.92 Å². The molecule has 1 aromatic heterocycles. The van der Waals surface area contributed by atoms with Gasteiger partial charge in [0.1, 0.15) is 18.4 Å². The summed E-state index contributed by atoms with van der Waals surface area (Å²) in [5, 5.41) is 7.41. The van der Waals surface area contributed by atoms with Crippen LogP contribution in [0.1, 0.15) is 26.2 Å². The lowest BCUT2D eigenvalue weighted by atomic mass is 10.1. The molecule has 0 aromatic carbocycles. The van der Waals surface area contributed by atoms with Gasteiger partial charge in [0, 0.05) is 12.6 Å². The summed E-state index contributed by atoms with van der Waals surface area (Å²) in [6, 6.07) is 0.498. The number of carbonyl (C=O) groups excluding carboxylic acids is 1. The highest BCUT2D eigenvalue weighted by atomic mass is 16.1. The van der Waals surface area contributed by atoms with E-state index in [2.05, 4.69) is 15.4 Å². The summed E-state index contributed by atoms with van der Waals surface area (Å²) in [6.45, 7) is 3.06. The van der Waals surface area contributed by atoms with E-state index in [1.165, 1.54) is 6.42 Å². The lowest BCUT2D eigenvalue weighted by Crippen LogP contribution is -2.31. The molecule has 5 nitrogen and oxygen atoms in total. The average Bonchev–Trinajstić information content (AvgIpc) is 2.87. The van der Waals surface area contributed by atoms with Crippen LogP contribution in [-0.4, -0.2) is 33.1 Å². The molecule has 0 bridgehead atoms. The molecule has 88 valence electrons. The average molecular weight is 222 g/mol. The van der Waals surface area contributed by atoms with Crippen LogP contribution in [0.4, 0.5) is 0 Å². The van der Waals surface area contributed by atoms with Crippen LogP contribution >= 0.6 is 0 Å². The Morgan fingerprint density at radius 2 is 2.44 bits per heavy atom. The number of hydrogen-bond donors (Lipinski definition) is 1. The quantitative estimate of drug-likeness (QED) is 0.793. The van der Waals surface area contributed by atoms with Crippen LogP contribution in [0.5, 0.6) is 0 Å². The van der Waals surface area contributed by atoms with E-state index in [1.807, 2.05) is 4.68 Å². The van der Waals surface area contributed by atoms with Crippen LogP contribution in [0.25, 0.3) is 0 Å². The smallest absolute Gasteiger partial charge is 0.143 e. The molecule has 0 spiro atoms. The number of nitrogens with zero attached hydrogens (tertiary/aromatic N) is 3. The van der Waals surface area contributed by atoms with E-state index < -0.39 is 0 Å². The minimum Gasteiger partial charge on any atom is -0.307 e. The molecule has 1 aromatic rings. The Morgan fingerprint density at radius 3 is 3.12 bits per heavy atom. The molecule has 2 rings (SSSR count). The maximum absolute atomic E-state index is 10.9. The highest BCUT2D eigenvalue weighted by Gasteiger charge is 2.24. The number of ketones is 1. The third kappa shape index (κ3) is 3.13. The first-order chi connectivity index (χ1) is 7.74. The summed E-state index contributed by atoms with van der Waals surface area (Å²) in [5.74, 6) is 0.867. The Morgan fingerprint density at radius 1 is 1.56 bits per heavy atom. The highest BCUT2D eigenvalue weighted by Crippen LogP contribution is 2.26. The minimum atomic E-state index is 0.208. The van der Waals surface area contributed by atoms with E-state index in [1.54, 1.807) is 19.6 Å². The molecule has 5 heteroatoms. The summed E-state index contributed by atoms with van der Waals surface area (Å²) in [5.41, 5.74) is 0. The zero-order valence-electron chi connectivity index (χ0n) is 9.59. The van der Waals surface area contributed by atoms with Gasteiger partial charge in [0.25, 0.3) is 0 Å². The van der Waals surface area contributed by atoms with Gasteiger partial charge in [-0.1, -0.05) is 0 Å². The Kier molecular flexibility index (Phi) is 3.66. The molecule has 1 heterocycles. The van der Waals surface area contributed by atoms with Crippen LogP contribution in [0.3, 0.4) is 0 Å². The van der Waals surface area contributed by atoms with E-state index in [4.69, 9.17) is 0 Å². The Bertz CT molecular complexity index is 336. The molecule has 1 fully saturated rings. The van der Waals surface area contributed by atoms with E-state index >= 15 is 0 Å². The van der Waals surface area contributed by atoms with Gasteiger partial charge in [0.2, 0.25) is 0 Å². The molecule has 0 aliphatic heterocycles. The summed E-state index contributed by atoms with van der Waals surface area (Å²) < 4.78 is 1.89. The summed E-state index contributed by atoms with van der Waals surface area (Å²) >= 11 is 0. The number of hydrogen-bond acceptors (Lipinski definition) is 4. The molecule has 16 heavy (non-hydrogen) atoms. The second-order valence-corrected chi connectivity index (χ2v) is 4.58. The first kappa shape index (κ1) is 11.3. The first-order valence-electron chi connectivity index (χ1n) is 5.79. The van der Waals surface area contributed by atoms with Crippen molar-refractivity contribution < 1.29 is 4.79 Å². The predicted molar refractivity (Wildman–Crippen MR) is 59.8 cm³/mol. The Hall–Kier alpha value is -1.23. The van der Waals surface area contributed by atoms with Crippen molar-refractivity contribution in [1.82, 2.24) is 20.1 Å². The fourth-order valence-corrected chi connectivity index (χ4v) is 2.31. The molecule has 0 saturated heterocycles. The molecule has 1 saturated carbocycles. The molecular formula is C11H18N4O. The van der Waals surface area contributed by atoms with Gasteiger partial charge in [-0.25, -0.2) is 4.98 Å². The van der Waals surface area contributed by atoms with Crippen molar-refractivity contribution in [1.29, 1.82) is 0 Å². The lowest BCUT2D eigenvalue weighted by molar-refractivity contribution is -0.116. The van der Waals surface area contributed by atoms with Crippen LogP contribution in [-0.2, 0) is 11.3 Å². The van der Waals surface area contributed by atoms with Crippen LogP contribution in [0.2, 0.25) is 0 Å². The maximum Gasteiger partial charge on any atom is 0.143 e. The van der Waals surface area contributed by atoms with Gasteiger partial charge in [-0.05, 0) is 32.1 Å². The fraction of sp³-hybridized carbons (Fsp3) is 0.727. The number of nitrogens with one attached hydrogen (secondary N) is 1. The topological polar surface area (TPSA) is 59.8 Å². The van der Waals surface area contributed by atoms with Crippen molar-refractivity contribution in [3.63, 3.8) is 0 Å². The van der Waals surface area contributed by atoms with Gasteiger partial charge in [-0.3, -0.25) is 9.48 Å². The summed E-state index contributed by atoms with van der Waals surface area (Å²) in [7, 11) is 0. The third-order valence-electron chi connectivity index (χ3n) is 3.09. The summed E-state index contributed by atoms with van der Waals surface area (Å²) in [4.78, 5) is 14.8. The SMILES string of the molecule is CC(=O)CN[C@@H]1CC[C@H](Cn2cncn2)C1. The molecule has 1 aliphatic rings. The second kappa shape index (κ2) is 5.21. The predicted octanol–water partition coefficient (Wildman–Crippen LogP) is 0.625. The van der Waals surface area contributed by atoms with Crippen molar-refractivity contribution >= 4 is 5.78 Å². The largest absolute Gasteiger partial charge is 0.307 e. The number of rotatable bonds is 5. The summed E-state index contributed by atoms with van der Waals surface area (Å²) in [6.07, 6.45) is 6.83. The van der Waals surface area contributed by atoms with E-state index in [0.29, 0.717) is 18.5 Å². The van der Waals surface area contributed by atoms with Gasteiger partial charge in [0.05, 0.1) is 6.54 Å². The van der Waals surface area contributed by atoms with Gasteiger partial charge >= 0.3 is 0 Å². The molecular weight excluding hydrogens is 204 g/mol. The molecule has 1 N–H and O–H groups in total. The highest BCUT2D eigenvalue weighted by molar-refractivity contribution is 5.77. The van der Waals surface area contributed by atoms with Crippen molar-refractivity contribution in [3.05, 3.63) is 12.7 Å². The second-order valence-electron chi connectivity index (χ2n) is 4.58. The number of aromatic nitrogens is 3. The van der Waals surface area contributed by atoms with Crippen molar-refractivity contribution in [3.8, 4) is 0 Å². The number of Topliss-reactive ketones (excluding diaryl/α,β-unsaturated/α-hetero) is 1. The molecule has 0 amide bonds. The van der Waals surface area contributed by atoms with E-state index in [9.17, 15) is 4.79 Å². The van der Waals surface area contributed by atoms with E-state index in [0.717, 1.165) is 19.4 Å². The minimum absolute atomic E-state index is 0.208. The van der Waals surface area contributed by atoms with Crippen molar-refractivity contribution in [2.45, 2.75) is 38.8 Å². The van der Waals surface area contributed by atoms with E-state index in [-0.39, 0.29) is 5.78 Å². The maximum atomic E-state index is 10.9. The van der Waals surface area contributed by atoms with Crippen LogP contribution in [0.15, 0.2) is 12.7 Å². The molecule has 1 aliphatic carbocycles. The molecule has 0 unspecified atom stereocenters. The van der Waals surface area contributed by atoms with Crippen LogP contribution < -0.4 is 5.32 Å². The monoisotopic (exact) mass is 222 g/mol. The van der Waals surface area contributed by atoms with Gasteiger partial charge in [0.15, 0.2) is 0 Å². The normalized spacial score (nSPS) is 24.8. The molecule has 2 atom stereocenters. The van der Waals surface area contributed by atoms with Gasteiger partial charge in [-0.2, -0.15) is 5.10 Å². The fourth-order valence-electron chi connectivity index (χ4n) is 2.31.